The van der Waals surface area contributed by atoms with Crippen LogP contribution in [0.15, 0.2) is 11.4 Å². The van der Waals surface area contributed by atoms with E-state index >= 15 is 0 Å². The van der Waals surface area contributed by atoms with Crippen LogP contribution in [0.4, 0.5) is 5.82 Å². The van der Waals surface area contributed by atoms with Crippen LogP contribution in [0.1, 0.15) is 36.5 Å². The number of likely N-dealkylation sites (N-methyl/N-ethyl adjacent to an activating group) is 1. The second-order valence-electron chi connectivity index (χ2n) is 4.93. The number of carbonyl (C=O) groups is 1. The van der Waals surface area contributed by atoms with Gasteiger partial charge in [0.25, 0.3) is 0 Å². The zero-order valence-electron chi connectivity index (χ0n) is 12.4. The van der Waals surface area contributed by atoms with Crippen molar-refractivity contribution in [1.82, 2.24) is 9.97 Å². The van der Waals surface area contributed by atoms with Gasteiger partial charge in [-0.2, -0.15) is 0 Å². The number of anilines is 1. The number of carboxylic acid groups (broad SMARTS) is 1. The third-order valence-electron chi connectivity index (χ3n) is 3.54. The minimum atomic E-state index is -0.999. The summed E-state index contributed by atoms with van der Waals surface area (Å²) in [7, 11) is 0. The molecule has 1 unspecified atom stereocenters. The first-order valence-corrected chi connectivity index (χ1v) is 8.39. The lowest BCUT2D eigenvalue weighted by Gasteiger charge is -2.30. The molecule has 2 rings (SSSR count). The molecule has 0 bridgehead atoms. The summed E-state index contributed by atoms with van der Waals surface area (Å²) in [4.78, 5) is 21.8. The van der Waals surface area contributed by atoms with E-state index in [1.165, 1.54) is 18.0 Å². The standard InChI is InChI=1S/C14H21N3O3S/c1-3-17(9-10-6-4-5-7-20-10)12-11(13(18)19)8-15-14(16-12)21-2/h8,10H,3-7,9H2,1-2H3,(H,18,19). The molecular formula is C14H21N3O3S. The molecule has 1 aromatic rings. The van der Waals surface area contributed by atoms with Crippen molar-refractivity contribution in [2.75, 3.05) is 30.9 Å². The van der Waals surface area contributed by atoms with Gasteiger partial charge >= 0.3 is 5.97 Å². The van der Waals surface area contributed by atoms with Gasteiger partial charge < -0.3 is 14.7 Å². The second-order valence-corrected chi connectivity index (χ2v) is 5.70. The molecule has 0 radical (unpaired) electrons. The zero-order chi connectivity index (χ0) is 15.2. The Labute approximate surface area is 128 Å². The van der Waals surface area contributed by atoms with Crippen molar-refractivity contribution in [2.45, 2.75) is 37.4 Å². The van der Waals surface area contributed by atoms with E-state index < -0.39 is 5.97 Å². The van der Waals surface area contributed by atoms with E-state index in [1.807, 2.05) is 18.1 Å². The van der Waals surface area contributed by atoms with Gasteiger partial charge in [-0.1, -0.05) is 11.8 Å². The molecular weight excluding hydrogens is 290 g/mol. The maximum atomic E-state index is 11.4. The predicted octanol–water partition coefficient (Wildman–Crippen LogP) is 2.29. The van der Waals surface area contributed by atoms with Crippen molar-refractivity contribution in [3.8, 4) is 0 Å². The molecule has 6 nitrogen and oxygen atoms in total. The molecule has 1 aromatic heterocycles. The van der Waals surface area contributed by atoms with Crippen LogP contribution in [0.2, 0.25) is 0 Å². The van der Waals surface area contributed by atoms with Crippen LogP contribution in [0.25, 0.3) is 0 Å². The van der Waals surface area contributed by atoms with Crippen LogP contribution in [-0.4, -0.2) is 53.1 Å². The van der Waals surface area contributed by atoms with Crippen LogP contribution < -0.4 is 4.90 Å². The molecule has 0 aromatic carbocycles. The molecule has 1 fully saturated rings. The molecule has 1 aliphatic rings. The normalized spacial score (nSPS) is 18.5. The molecule has 116 valence electrons. The monoisotopic (exact) mass is 311 g/mol. The summed E-state index contributed by atoms with van der Waals surface area (Å²) < 4.78 is 5.75. The molecule has 0 aliphatic carbocycles. The van der Waals surface area contributed by atoms with Gasteiger partial charge in [0.2, 0.25) is 0 Å². The van der Waals surface area contributed by atoms with Crippen LogP contribution in [0.5, 0.6) is 0 Å². The molecule has 7 heteroatoms. The Hall–Kier alpha value is -1.34. The number of hydrogen-bond acceptors (Lipinski definition) is 6. The number of nitrogens with zero attached hydrogens (tertiary/aromatic N) is 3. The van der Waals surface area contributed by atoms with Crippen LogP contribution in [0.3, 0.4) is 0 Å². The van der Waals surface area contributed by atoms with Gasteiger partial charge in [-0.15, -0.1) is 0 Å². The fourth-order valence-electron chi connectivity index (χ4n) is 2.41. The lowest BCUT2D eigenvalue weighted by molar-refractivity contribution is 0.0209. The number of aromatic nitrogens is 2. The minimum absolute atomic E-state index is 0.144. The highest BCUT2D eigenvalue weighted by Crippen LogP contribution is 2.23. The number of hydrogen-bond donors (Lipinski definition) is 1. The molecule has 0 saturated carbocycles. The summed E-state index contributed by atoms with van der Waals surface area (Å²) in [6.07, 6.45) is 6.69. The van der Waals surface area contributed by atoms with Gasteiger partial charge in [0.05, 0.1) is 6.10 Å². The van der Waals surface area contributed by atoms with Crippen molar-refractivity contribution >= 4 is 23.5 Å². The number of rotatable bonds is 6. The number of carboxylic acids is 1. The first kappa shape index (κ1) is 16.0. The summed E-state index contributed by atoms with van der Waals surface area (Å²) >= 11 is 1.40. The van der Waals surface area contributed by atoms with Crippen LogP contribution in [-0.2, 0) is 4.74 Å². The topological polar surface area (TPSA) is 75.5 Å². The smallest absolute Gasteiger partial charge is 0.341 e. The van der Waals surface area contributed by atoms with E-state index in [-0.39, 0.29) is 11.7 Å². The third kappa shape index (κ3) is 4.07. The predicted molar refractivity (Wildman–Crippen MR) is 82.3 cm³/mol. The van der Waals surface area contributed by atoms with E-state index in [9.17, 15) is 9.90 Å². The van der Waals surface area contributed by atoms with Gasteiger partial charge in [-0.25, -0.2) is 14.8 Å². The van der Waals surface area contributed by atoms with E-state index in [1.54, 1.807) is 0 Å². The average molecular weight is 311 g/mol. The van der Waals surface area contributed by atoms with Crippen LogP contribution >= 0.6 is 11.8 Å². The maximum absolute atomic E-state index is 11.4. The van der Waals surface area contributed by atoms with Gasteiger partial charge in [-0.05, 0) is 32.4 Å². The van der Waals surface area contributed by atoms with Gasteiger partial charge in [0.1, 0.15) is 11.4 Å². The van der Waals surface area contributed by atoms with E-state index in [0.717, 1.165) is 25.9 Å². The highest BCUT2D eigenvalue weighted by molar-refractivity contribution is 7.98. The number of thioether (sulfide) groups is 1. The summed E-state index contributed by atoms with van der Waals surface area (Å²) in [5, 5.41) is 9.92. The van der Waals surface area contributed by atoms with Crippen molar-refractivity contribution in [2.24, 2.45) is 0 Å². The molecule has 2 heterocycles. The Morgan fingerprint density at radius 2 is 2.38 bits per heavy atom. The first-order valence-electron chi connectivity index (χ1n) is 7.16. The van der Waals surface area contributed by atoms with Gasteiger partial charge in [-0.3, -0.25) is 0 Å². The summed E-state index contributed by atoms with van der Waals surface area (Å²) in [6, 6.07) is 0. The highest BCUT2D eigenvalue weighted by atomic mass is 32.2. The van der Waals surface area contributed by atoms with Crippen LogP contribution in [0, 0.1) is 0 Å². The molecule has 1 atom stereocenters. The Kier molecular flexibility index (Phi) is 5.81. The van der Waals surface area contributed by atoms with Crippen molar-refractivity contribution in [3.05, 3.63) is 11.8 Å². The Morgan fingerprint density at radius 1 is 1.57 bits per heavy atom. The fraction of sp³-hybridized carbons (Fsp3) is 0.643. The summed E-state index contributed by atoms with van der Waals surface area (Å²) in [5.74, 6) is -0.515. The molecule has 1 N–H and O–H groups in total. The van der Waals surface area contributed by atoms with Gasteiger partial charge in [0, 0.05) is 25.9 Å². The van der Waals surface area contributed by atoms with Crippen molar-refractivity contribution < 1.29 is 14.6 Å². The maximum Gasteiger partial charge on any atom is 0.341 e. The number of ether oxygens (including phenoxy) is 1. The Morgan fingerprint density at radius 3 is 2.95 bits per heavy atom. The third-order valence-corrected chi connectivity index (χ3v) is 4.10. The quantitative estimate of drug-likeness (QED) is 0.638. The second kappa shape index (κ2) is 7.61. The zero-order valence-corrected chi connectivity index (χ0v) is 13.2. The SMILES string of the molecule is CCN(CC1CCCCO1)c1nc(SC)ncc1C(=O)O. The van der Waals surface area contributed by atoms with E-state index in [0.29, 0.717) is 24.1 Å². The van der Waals surface area contributed by atoms with E-state index in [2.05, 4.69) is 9.97 Å². The first-order chi connectivity index (χ1) is 10.2. The van der Waals surface area contributed by atoms with Crippen molar-refractivity contribution in [3.63, 3.8) is 0 Å². The van der Waals surface area contributed by atoms with Crippen molar-refractivity contribution in [1.29, 1.82) is 0 Å². The summed E-state index contributed by atoms with van der Waals surface area (Å²) in [6.45, 7) is 4.13. The number of aromatic carboxylic acids is 1. The fourth-order valence-corrected chi connectivity index (χ4v) is 2.75. The minimum Gasteiger partial charge on any atom is -0.477 e. The molecule has 0 spiro atoms. The summed E-state index contributed by atoms with van der Waals surface area (Å²) in [5.41, 5.74) is 0.144. The Balaban J connectivity index is 2.24. The highest BCUT2D eigenvalue weighted by Gasteiger charge is 2.23. The molecule has 21 heavy (non-hydrogen) atoms. The molecule has 1 aliphatic heterocycles. The van der Waals surface area contributed by atoms with Gasteiger partial charge in [0.15, 0.2) is 5.16 Å². The Bertz CT molecular complexity index is 492. The van der Waals surface area contributed by atoms with E-state index in [4.69, 9.17) is 4.74 Å². The molecule has 0 amide bonds. The lowest BCUT2D eigenvalue weighted by atomic mass is 10.1. The lowest BCUT2D eigenvalue weighted by Crippen LogP contribution is -2.37. The molecule has 1 saturated heterocycles. The average Bonchev–Trinajstić information content (AvgIpc) is 2.52. The largest absolute Gasteiger partial charge is 0.477 e.